The summed E-state index contributed by atoms with van der Waals surface area (Å²) in [6.07, 6.45) is 1.74. The second-order valence-corrected chi connectivity index (χ2v) is 5.54. The number of hydrogen-bond donors (Lipinski definition) is 1. The van der Waals surface area contributed by atoms with Gasteiger partial charge < -0.3 is 10.1 Å². The fourth-order valence-electron chi connectivity index (χ4n) is 1.79. The number of ether oxygens (including phenoxy) is 1. The molecule has 1 unspecified atom stereocenters. The van der Waals surface area contributed by atoms with Crippen LogP contribution in [0.5, 0.6) is 5.88 Å². The van der Waals surface area contributed by atoms with E-state index >= 15 is 0 Å². The Labute approximate surface area is 112 Å². The molecule has 2 heterocycles. The lowest BCUT2D eigenvalue weighted by atomic mass is 10.2. The van der Waals surface area contributed by atoms with Crippen LogP contribution in [0.15, 0.2) is 30.5 Å². The summed E-state index contributed by atoms with van der Waals surface area (Å²) in [6.45, 7) is 5.06. The highest BCUT2D eigenvalue weighted by Gasteiger charge is 2.09. The Kier molecular flexibility index (Phi) is 4.33. The average Bonchev–Trinajstić information content (AvgIpc) is 2.83. The Morgan fingerprint density at radius 2 is 2.22 bits per heavy atom. The summed E-state index contributed by atoms with van der Waals surface area (Å²) in [5.74, 6) is 0.694. The van der Waals surface area contributed by atoms with Crippen molar-refractivity contribution in [2.75, 3.05) is 7.11 Å². The molecular formula is C14H18N2OS. The highest BCUT2D eigenvalue weighted by atomic mass is 32.1. The molecule has 0 aromatic carbocycles. The summed E-state index contributed by atoms with van der Waals surface area (Å²) in [5.41, 5.74) is 1.08. The number of methoxy groups -OCH3 is 1. The molecule has 2 aromatic rings. The zero-order valence-electron chi connectivity index (χ0n) is 10.9. The van der Waals surface area contributed by atoms with Gasteiger partial charge in [-0.05, 0) is 32.0 Å². The zero-order chi connectivity index (χ0) is 13.0. The van der Waals surface area contributed by atoms with Crippen LogP contribution in [0.2, 0.25) is 0 Å². The fraction of sp³-hybridized carbons (Fsp3) is 0.357. The lowest BCUT2D eigenvalue weighted by Gasteiger charge is -2.13. The molecule has 2 aromatic heterocycles. The molecule has 0 saturated carbocycles. The Bertz CT molecular complexity index is 510. The minimum atomic E-state index is 0.341. The molecule has 1 N–H and O–H groups in total. The zero-order valence-corrected chi connectivity index (χ0v) is 11.8. The summed E-state index contributed by atoms with van der Waals surface area (Å²) in [4.78, 5) is 6.89. The summed E-state index contributed by atoms with van der Waals surface area (Å²) in [5, 5.41) is 3.49. The largest absolute Gasteiger partial charge is 0.481 e. The van der Waals surface area contributed by atoms with Crippen molar-refractivity contribution in [3.8, 4) is 5.88 Å². The number of pyridine rings is 1. The molecule has 0 fully saturated rings. The van der Waals surface area contributed by atoms with Gasteiger partial charge in [0.25, 0.3) is 0 Å². The quantitative estimate of drug-likeness (QED) is 0.897. The number of rotatable bonds is 5. The van der Waals surface area contributed by atoms with Gasteiger partial charge in [0, 0.05) is 34.1 Å². The van der Waals surface area contributed by atoms with Crippen LogP contribution in [0.3, 0.4) is 0 Å². The highest BCUT2D eigenvalue weighted by Crippen LogP contribution is 2.23. The molecule has 0 spiro atoms. The van der Waals surface area contributed by atoms with Gasteiger partial charge in [0.05, 0.1) is 7.11 Å². The first kappa shape index (κ1) is 13.1. The molecule has 4 heteroatoms. The van der Waals surface area contributed by atoms with Crippen molar-refractivity contribution in [2.24, 2.45) is 0 Å². The lowest BCUT2D eigenvalue weighted by Crippen LogP contribution is -2.17. The number of thiophene rings is 1. The third-order valence-corrected chi connectivity index (χ3v) is 4.01. The second kappa shape index (κ2) is 5.98. The number of aromatic nitrogens is 1. The van der Waals surface area contributed by atoms with Gasteiger partial charge in [0.1, 0.15) is 0 Å². The maximum absolute atomic E-state index is 5.24. The third kappa shape index (κ3) is 3.09. The van der Waals surface area contributed by atoms with Crippen LogP contribution in [0, 0.1) is 6.92 Å². The van der Waals surface area contributed by atoms with Crippen LogP contribution < -0.4 is 10.1 Å². The molecule has 0 aliphatic rings. The Hall–Kier alpha value is -1.39. The van der Waals surface area contributed by atoms with Crippen molar-refractivity contribution in [3.05, 3.63) is 45.8 Å². The molecule has 2 rings (SSSR count). The third-order valence-electron chi connectivity index (χ3n) is 2.83. The molecule has 0 saturated heterocycles. The van der Waals surface area contributed by atoms with Crippen LogP contribution in [0.25, 0.3) is 0 Å². The van der Waals surface area contributed by atoms with Crippen LogP contribution in [-0.4, -0.2) is 12.1 Å². The van der Waals surface area contributed by atoms with E-state index in [0.29, 0.717) is 11.9 Å². The van der Waals surface area contributed by atoms with Gasteiger partial charge in [0.2, 0.25) is 5.88 Å². The minimum Gasteiger partial charge on any atom is -0.481 e. The van der Waals surface area contributed by atoms with Crippen molar-refractivity contribution in [3.63, 3.8) is 0 Å². The molecule has 1 atom stereocenters. The predicted molar refractivity (Wildman–Crippen MR) is 75.1 cm³/mol. The molecule has 0 radical (unpaired) electrons. The molecule has 0 aliphatic carbocycles. The van der Waals surface area contributed by atoms with Crippen LogP contribution >= 0.6 is 11.3 Å². The predicted octanol–water partition coefficient (Wildman–Crippen LogP) is 3.31. The van der Waals surface area contributed by atoms with E-state index in [1.165, 1.54) is 9.75 Å². The number of hydrogen-bond acceptors (Lipinski definition) is 4. The molecule has 0 amide bonds. The van der Waals surface area contributed by atoms with Crippen molar-refractivity contribution in [2.45, 2.75) is 26.4 Å². The number of nitrogens with zero attached hydrogens (tertiary/aromatic N) is 1. The minimum absolute atomic E-state index is 0.341. The Balaban J connectivity index is 1.99. The van der Waals surface area contributed by atoms with E-state index in [1.807, 2.05) is 23.5 Å². The van der Waals surface area contributed by atoms with E-state index < -0.39 is 0 Å². The summed E-state index contributed by atoms with van der Waals surface area (Å²) < 4.78 is 5.24. The van der Waals surface area contributed by atoms with Crippen molar-refractivity contribution < 1.29 is 4.74 Å². The first-order chi connectivity index (χ1) is 8.70. The van der Waals surface area contributed by atoms with E-state index in [9.17, 15) is 0 Å². The van der Waals surface area contributed by atoms with E-state index in [0.717, 1.165) is 12.1 Å². The molecule has 96 valence electrons. The first-order valence-corrected chi connectivity index (χ1v) is 6.80. The Morgan fingerprint density at radius 3 is 2.89 bits per heavy atom. The van der Waals surface area contributed by atoms with Gasteiger partial charge >= 0.3 is 0 Å². The van der Waals surface area contributed by atoms with Crippen molar-refractivity contribution >= 4 is 11.3 Å². The van der Waals surface area contributed by atoms with E-state index in [4.69, 9.17) is 4.74 Å². The smallest absolute Gasteiger partial charge is 0.217 e. The molecule has 3 nitrogen and oxygen atoms in total. The van der Waals surface area contributed by atoms with E-state index in [-0.39, 0.29) is 0 Å². The van der Waals surface area contributed by atoms with Gasteiger partial charge in [-0.3, -0.25) is 0 Å². The standard InChI is InChI=1S/C14H18N2OS/c1-10-6-7-13(18-10)11(2)16-9-12-5-4-8-15-14(12)17-3/h4-8,11,16H,9H2,1-3H3. The maximum Gasteiger partial charge on any atom is 0.217 e. The van der Waals surface area contributed by atoms with E-state index in [1.54, 1.807) is 13.3 Å². The molecule has 0 aliphatic heterocycles. The van der Waals surface area contributed by atoms with Crippen LogP contribution in [0.1, 0.15) is 28.3 Å². The van der Waals surface area contributed by atoms with Crippen molar-refractivity contribution in [1.29, 1.82) is 0 Å². The van der Waals surface area contributed by atoms with E-state index in [2.05, 4.69) is 36.3 Å². The highest BCUT2D eigenvalue weighted by molar-refractivity contribution is 7.12. The normalized spacial score (nSPS) is 12.4. The number of nitrogens with one attached hydrogen (secondary N) is 1. The summed E-state index contributed by atoms with van der Waals surface area (Å²) in [6, 6.07) is 8.64. The summed E-state index contributed by atoms with van der Waals surface area (Å²) >= 11 is 1.83. The molecule has 18 heavy (non-hydrogen) atoms. The second-order valence-electron chi connectivity index (χ2n) is 4.22. The van der Waals surface area contributed by atoms with Crippen LogP contribution in [0.4, 0.5) is 0 Å². The van der Waals surface area contributed by atoms with Crippen molar-refractivity contribution in [1.82, 2.24) is 10.3 Å². The average molecular weight is 262 g/mol. The molecular weight excluding hydrogens is 244 g/mol. The fourth-order valence-corrected chi connectivity index (χ4v) is 2.70. The van der Waals surface area contributed by atoms with Gasteiger partial charge in [-0.25, -0.2) is 4.98 Å². The maximum atomic E-state index is 5.24. The van der Waals surface area contributed by atoms with Crippen LogP contribution in [-0.2, 0) is 6.54 Å². The summed E-state index contributed by atoms with van der Waals surface area (Å²) in [7, 11) is 1.65. The first-order valence-electron chi connectivity index (χ1n) is 5.98. The number of aryl methyl sites for hydroxylation is 1. The van der Waals surface area contributed by atoms with Gasteiger partial charge in [-0.15, -0.1) is 11.3 Å². The van der Waals surface area contributed by atoms with Gasteiger partial charge in [-0.1, -0.05) is 6.07 Å². The Morgan fingerprint density at radius 1 is 1.39 bits per heavy atom. The van der Waals surface area contributed by atoms with Gasteiger partial charge in [0.15, 0.2) is 0 Å². The van der Waals surface area contributed by atoms with Gasteiger partial charge in [-0.2, -0.15) is 0 Å². The SMILES string of the molecule is COc1ncccc1CNC(C)c1ccc(C)s1. The lowest BCUT2D eigenvalue weighted by molar-refractivity contribution is 0.389. The topological polar surface area (TPSA) is 34.1 Å². The monoisotopic (exact) mass is 262 g/mol. The molecule has 0 bridgehead atoms.